The summed E-state index contributed by atoms with van der Waals surface area (Å²) in [6.45, 7) is 9.97. The van der Waals surface area contributed by atoms with Gasteiger partial charge in [0.25, 0.3) is 5.91 Å². The van der Waals surface area contributed by atoms with Crippen LogP contribution in [0.3, 0.4) is 0 Å². The van der Waals surface area contributed by atoms with Gasteiger partial charge in [-0.1, -0.05) is 13.8 Å². The number of fused-ring (bicyclic) bond motifs is 1. The Labute approximate surface area is 213 Å². The van der Waals surface area contributed by atoms with Crippen LogP contribution >= 0.6 is 0 Å². The van der Waals surface area contributed by atoms with Gasteiger partial charge >= 0.3 is 0 Å². The van der Waals surface area contributed by atoms with Crippen molar-refractivity contribution in [2.24, 2.45) is 0 Å². The molecule has 0 spiro atoms. The average molecular weight is 508 g/mol. The second-order valence-corrected chi connectivity index (χ2v) is 9.72. The van der Waals surface area contributed by atoms with Crippen LogP contribution in [-0.2, 0) is 4.74 Å². The summed E-state index contributed by atoms with van der Waals surface area (Å²) in [5, 5.41) is 30.3. The molecule has 0 saturated carbocycles. The number of phenolic OH excluding ortho intramolecular Hbond substituents is 1. The van der Waals surface area contributed by atoms with Gasteiger partial charge in [0.1, 0.15) is 11.6 Å². The van der Waals surface area contributed by atoms with Crippen molar-refractivity contribution >= 4 is 22.5 Å². The molecule has 10 nitrogen and oxygen atoms in total. The SMILES string of the molecule is CC(C)NC(=O)c1nnc(-c2cc3c(C(C)C)n[nH]c3cc2O)n1-c1ccc(N2CCOCC2)c(F)c1. The third kappa shape index (κ3) is 4.62. The zero-order valence-electron chi connectivity index (χ0n) is 21.2. The molecule has 1 amide bonds. The van der Waals surface area contributed by atoms with Crippen molar-refractivity contribution in [3.63, 3.8) is 0 Å². The summed E-state index contributed by atoms with van der Waals surface area (Å²) >= 11 is 0. The van der Waals surface area contributed by atoms with Gasteiger partial charge in [0, 0.05) is 36.7 Å². The molecule has 2 aromatic heterocycles. The van der Waals surface area contributed by atoms with Crippen molar-refractivity contribution in [3.8, 4) is 22.8 Å². The fraction of sp³-hybridized carbons (Fsp3) is 0.385. The zero-order chi connectivity index (χ0) is 26.3. The molecule has 0 radical (unpaired) electrons. The summed E-state index contributed by atoms with van der Waals surface area (Å²) in [5.74, 6) is -0.635. The van der Waals surface area contributed by atoms with Crippen LogP contribution in [-0.4, -0.2) is 68.3 Å². The highest BCUT2D eigenvalue weighted by Gasteiger charge is 2.26. The number of anilines is 1. The van der Waals surface area contributed by atoms with Gasteiger partial charge in [-0.05, 0) is 38.0 Å². The molecule has 0 unspecified atom stereocenters. The fourth-order valence-corrected chi connectivity index (χ4v) is 4.57. The van der Waals surface area contributed by atoms with Crippen LogP contribution in [0.4, 0.5) is 10.1 Å². The molecule has 2 aromatic carbocycles. The molecule has 0 bridgehead atoms. The lowest BCUT2D eigenvalue weighted by Crippen LogP contribution is -2.36. The lowest BCUT2D eigenvalue weighted by Gasteiger charge is -2.29. The Morgan fingerprint density at radius 2 is 1.89 bits per heavy atom. The number of halogens is 1. The molecular weight excluding hydrogens is 477 g/mol. The molecule has 3 heterocycles. The number of aromatic amines is 1. The first-order valence-electron chi connectivity index (χ1n) is 12.3. The van der Waals surface area contributed by atoms with Crippen LogP contribution in [0.25, 0.3) is 28.0 Å². The number of aromatic hydroxyl groups is 1. The van der Waals surface area contributed by atoms with E-state index in [1.54, 1.807) is 24.3 Å². The number of hydrogen-bond donors (Lipinski definition) is 3. The Morgan fingerprint density at radius 1 is 1.14 bits per heavy atom. The highest BCUT2D eigenvalue weighted by Crippen LogP contribution is 2.36. The first-order valence-corrected chi connectivity index (χ1v) is 12.3. The third-order valence-corrected chi connectivity index (χ3v) is 6.32. The van der Waals surface area contributed by atoms with Gasteiger partial charge in [0.05, 0.1) is 41.4 Å². The predicted octanol–water partition coefficient (Wildman–Crippen LogP) is 3.75. The molecule has 3 N–H and O–H groups in total. The van der Waals surface area contributed by atoms with Crippen LogP contribution in [0.15, 0.2) is 30.3 Å². The van der Waals surface area contributed by atoms with Crippen molar-refractivity contribution in [1.82, 2.24) is 30.3 Å². The standard InChI is InChI=1S/C26H30FN7O3/c1-14(2)23-17-12-18(22(35)13-20(17)29-30-23)24-31-32-25(26(36)28-15(3)4)34(24)16-5-6-21(19(27)11-16)33-7-9-37-10-8-33/h5-6,11-15,35H,7-10H2,1-4H3,(H,28,36)(H,29,30). The van der Waals surface area contributed by atoms with E-state index < -0.39 is 11.7 Å². The minimum atomic E-state index is -0.460. The molecule has 0 atom stereocenters. The summed E-state index contributed by atoms with van der Waals surface area (Å²) in [4.78, 5) is 15.0. The monoisotopic (exact) mass is 507 g/mol. The fourth-order valence-electron chi connectivity index (χ4n) is 4.57. The number of rotatable bonds is 6. The number of nitrogens with zero attached hydrogens (tertiary/aromatic N) is 5. The summed E-state index contributed by atoms with van der Waals surface area (Å²) in [6, 6.07) is 7.95. The topological polar surface area (TPSA) is 121 Å². The summed E-state index contributed by atoms with van der Waals surface area (Å²) in [5.41, 5.74) is 2.68. The number of nitrogens with one attached hydrogen (secondary N) is 2. The first kappa shape index (κ1) is 24.7. The van der Waals surface area contributed by atoms with Gasteiger partial charge in [-0.15, -0.1) is 10.2 Å². The van der Waals surface area contributed by atoms with Crippen LogP contribution < -0.4 is 10.2 Å². The van der Waals surface area contributed by atoms with E-state index in [1.807, 2.05) is 32.6 Å². The number of aromatic nitrogens is 5. The predicted molar refractivity (Wildman–Crippen MR) is 138 cm³/mol. The van der Waals surface area contributed by atoms with Gasteiger partial charge in [0.15, 0.2) is 5.82 Å². The van der Waals surface area contributed by atoms with Crippen LogP contribution in [0, 0.1) is 5.82 Å². The van der Waals surface area contributed by atoms with Crippen molar-refractivity contribution in [1.29, 1.82) is 0 Å². The van der Waals surface area contributed by atoms with E-state index in [0.717, 1.165) is 11.1 Å². The number of amides is 1. The number of carbonyl (C=O) groups is 1. The molecule has 1 saturated heterocycles. The number of hydrogen-bond acceptors (Lipinski definition) is 7. The number of carbonyl (C=O) groups excluding carboxylic acids is 1. The molecule has 5 rings (SSSR count). The molecule has 4 aromatic rings. The second-order valence-electron chi connectivity index (χ2n) is 9.72. The molecule has 1 aliphatic heterocycles. The smallest absolute Gasteiger partial charge is 0.289 e. The minimum absolute atomic E-state index is 0.0157. The van der Waals surface area contributed by atoms with E-state index in [-0.39, 0.29) is 29.4 Å². The summed E-state index contributed by atoms with van der Waals surface area (Å²) in [7, 11) is 0. The highest BCUT2D eigenvalue weighted by molar-refractivity contribution is 5.94. The number of morpholine rings is 1. The zero-order valence-corrected chi connectivity index (χ0v) is 21.2. The van der Waals surface area contributed by atoms with Gasteiger partial charge < -0.3 is 20.1 Å². The minimum Gasteiger partial charge on any atom is -0.507 e. The van der Waals surface area contributed by atoms with Crippen molar-refractivity contribution in [2.75, 3.05) is 31.2 Å². The van der Waals surface area contributed by atoms with E-state index in [1.165, 1.54) is 10.6 Å². The second kappa shape index (κ2) is 9.81. The maximum atomic E-state index is 15.4. The third-order valence-electron chi connectivity index (χ3n) is 6.32. The molecule has 0 aliphatic carbocycles. The Kier molecular flexibility index (Phi) is 6.55. The normalized spacial score (nSPS) is 14.2. The van der Waals surface area contributed by atoms with Crippen molar-refractivity contribution in [3.05, 3.63) is 47.7 Å². The highest BCUT2D eigenvalue weighted by atomic mass is 19.1. The summed E-state index contributed by atoms with van der Waals surface area (Å²) < 4.78 is 22.2. The van der Waals surface area contributed by atoms with Gasteiger partial charge in [0.2, 0.25) is 5.82 Å². The van der Waals surface area contributed by atoms with E-state index in [2.05, 4.69) is 25.7 Å². The van der Waals surface area contributed by atoms with Crippen molar-refractivity contribution in [2.45, 2.75) is 39.7 Å². The average Bonchev–Trinajstić information content (AvgIpc) is 3.48. The Morgan fingerprint density at radius 3 is 2.57 bits per heavy atom. The molecular formula is C26H30FN7O3. The van der Waals surface area contributed by atoms with Gasteiger partial charge in [-0.3, -0.25) is 14.5 Å². The van der Waals surface area contributed by atoms with Crippen molar-refractivity contribution < 1.29 is 19.0 Å². The maximum Gasteiger partial charge on any atom is 0.289 e. The number of H-pyrrole nitrogens is 1. The number of phenols is 1. The number of benzene rings is 2. The molecule has 1 aliphatic rings. The van der Waals surface area contributed by atoms with E-state index in [9.17, 15) is 9.90 Å². The van der Waals surface area contributed by atoms with Gasteiger partial charge in [-0.2, -0.15) is 5.10 Å². The Balaban J connectivity index is 1.67. The van der Waals surface area contributed by atoms with E-state index in [0.29, 0.717) is 48.8 Å². The first-order chi connectivity index (χ1) is 17.7. The maximum absolute atomic E-state index is 15.4. The molecule has 37 heavy (non-hydrogen) atoms. The molecule has 11 heteroatoms. The molecule has 1 fully saturated rings. The Hall–Kier alpha value is -3.99. The van der Waals surface area contributed by atoms with Crippen LogP contribution in [0.2, 0.25) is 0 Å². The quantitative estimate of drug-likeness (QED) is 0.363. The number of ether oxygens (including phenoxy) is 1. The largest absolute Gasteiger partial charge is 0.507 e. The van der Waals surface area contributed by atoms with Crippen LogP contribution in [0.1, 0.15) is 49.9 Å². The Bertz CT molecular complexity index is 1450. The lowest BCUT2D eigenvalue weighted by atomic mass is 10.0. The lowest BCUT2D eigenvalue weighted by molar-refractivity contribution is 0.0930. The summed E-state index contributed by atoms with van der Waals surface area (Å²) in [6.07, 6.45) is 0. The molecule has 194 valence electrons. The van der Waals surface area contributed by atoms with Gasteiger partial charge in [-0.25, -0.2) is 4.39 Å². The van der Waals surface area contributed by atoms with E-state index >= 15 is 4.39 Å². The van der Waals surface area contributed by atoms with Crippen LogP contribution in [0.5, 0.6) is 5.75 Å². The van der Waals surface area contributed by atoms with E-state index in [4.69, 9.17) is 4.74 Å².